The normalized spacial score (nSPS) is 20.1. The van der Waals surface area contributed by atoms with Crippen molar-refractivity contribution < 1.29 is 14.3 Å². The Hall–Kier alpha value is -2.53. The molecule has 0 aliphatic carbocycles. The van der Waals surface area contributed by atoms with Gasteiger partial charge in [-0.2, -0.15) is 0 Å². The summed E-state index contributed by atoms with van der Waals surface area (Å²) in [6.07, 6.45) is 0. The number of aryl methyl sites for hydroxylation is 1. The molecule has 24 heavy (non-hydrogen) atoms. The second-order valence-corrected chi connectivity index (χ2v) is 6.17. The number of carbonyl (C=O) groups excluding carboxylic acids is 1. The van der Waals surface area contributed by atoms with E-state index in [1.807, 2.05) is 31.2 Å². The average Bonchev–Trinajstić information content (AvgIpc) is 2.62. The number of morpholine rings is 1. The maximum Gasteiger partial charge on any atom is 0.262 e. The van der Waals surface area contributed by atoms with Crippen LogP contribution < -0.4 is 15.0 Å². The monoisotopic (exact) mass is 324 g/mol. The van der Waals surface area contributed by atoms with Crippen LogP contribution in [-0.4, -0.2) is 32.3 Å². The Morgan fingerprint density at radius 3 is 2.88 bits per heavy atom. The molecule has 5 nitrogen and oxygen atoms in total. The summed E-state index contributed by atoms with van der Waals surface area (Å²) >= 11 is 0. The van der Waals surface area contributed by atoms with E-state index in [0.717, 1.165) is 29.2 Å². The third kappa shape index (κ3) is 2.71. The summed E-state index contributed by atoms with van der Waals surface area (Å²) in [6, 6.07) is 14.7. The molecule has 2 aromatic rings. The van der Waals surface area contributed by atoms with Crippen LogP contribution >= 0.6 is 0 Å². The van der Waals surface area contributed by atoms with Crippen LogP contribution in [0.3, 0.4) is 0 Å². The number of hydrogen-bond acceptors (Lipinski definition) is 4. The summed E-state index contributed by atoms with van der Waals surface area (Å²) in [5.74, 6) is 0.656. The zero-order valence-electron chi connectivity index (χ0n) is 13.6. The van der Waals surface area contributed by atoms with Gasteiger partial charge in [0, 0.05) is 12.2 Å². The molecular weight excluding hydrogens is 304 g/mol. The van der Waals surface area contributed by atoms with Crippen LogP contribution in [0.15, 0.2) is 42.5 Å². The molecule has 0 unspecified atom stereocenters. The minimum Gasteiger partial charge on any atom is -0.481 e. The molecular formula is C19H20N2O3. The molecule has 0 spiro atoms. The van der Waals surface area contributed by atoms with Gasteiger partial charge in [0.2, 0.25) is 0 Å². The lowest BCUT2D eigenvalue weighted by Gasteiger charge is -2.38. The van der Waals surface area contributed by atoms with Crippen LogP contribution in [-0.2, 0) is 9.53 Å². The van der Waals surface area contributed by atoms with E-state index in [0.29, 0.717) is 13.2 Å². The number of carbonyl (C=O) groups is 1. The number of benzene rings is 2. The minimum atomic E-state index is -0.111. The van der Waals surface area contributed by atoms with Crippen molar-refractivity contribution in [2.24, 2.45) is 0 Å². The van der Waals surface area contributed by atoms with Gasteiger partial charge in [0.1, 0.15) is 5.75 Å². The fourth-order valence-electron chi connectivity index (χ4n) is 3.39. The molecule has 1 amide bonds. The summed E-state index contributed by atoms with van der Waals surface area (Å²) in [7, 11) is 0. The maximum atomic E-state index is 11.6. The highest BCUT2D eigenvalue weighted by molar-refractivity contribution is 5.96. The number of anilines is 2. The smallest absolute Gasteiger partial charge is 0.262 e. The van der Waals surface area contributed by atoms with Crippen LogP contribution in [0, 0.1) is 6.92 Å². The van der Waals surface area contributed by atoms with Gasteiger partial charge < -0.3 is 19.7 Å². The van der Waals surface area contributed by atoms with E-state index in [9.17, 15) is 4.79 Å². The number of rotatable bonds is 2. The molecule has 0 saturated carbocycles. The van der Waals surface area contributed by atoms with Crippen molar-refractivity contribution in [2.45, 2.75) is 13.0 Å². The van der Waals surface area contributed by atoms with Crippen molar-refractivity contribution >= 4 is 17.3 Å². The fraction of sp³-hybridized carbons (Fsp3) is 0.316. The van der Waals surface area contributed by atoms with E-state index in [-0.39, 0.29) is 18.6 Å². The van der Waals surface area contributed by atoms with Crippen molar-refractivity contribution in [3.05, 3.63) is 53.6 Å². The first kappa shape index (κ1) is 15.0. The minimum absolute atomic E-state index is 0.0807. The Morgan fingerprint density at radius 1 is 1.21 bits per heavy atom. The van der Waals surface area contributed by atoms with E-state index in [2.05, 4.69) is 28.4 Å². The van der Waals surface area contributed by atoms with Crippen LogP contribution in [0.2, 0.25) is 0 Å². The van der Waals surface area contributed by atoms with Crippen LogP contribution in [0.1, 0.15) is 17.2 Å². The molecule has 0 aromatic heterocycles. The number of nitrogens with zero attached hydrogens (tertiary/aromatic N) is 1. The lowest BCUT2D eigenvalue weighted by atomic mass is 10.0. The zero-order chi connectivity index (χ0) is 16.5. The van der Waals surface area contributed by atoms with Gasteiger partial charge in [-0.1, -0.05) is 30.3 Å². The molecule has 2 aliphatic heterocycles. The highest BCUT2D eigenvalue weighted by Crippen LogP contribution is 2.38. The summed E-state index contributed by atoms with van der Waals surface area (Å²) in [5, 5.41) is 2.91. The van der Waals surface area contributed by atoms with Gasteiger partial charge in [-0.3, -0.25) is 4.79 Å². The first-order valence-electron chi connectivity index (χ1n) is 8.19. The molecule has 124 valence electrons. The van der Waals surface area contributed by atoms with Gasteiger partial charge in [0.05, 0.1) is 24.9 Å². The highest BCUT2D eigenvalue weighted by Gasteiger charge is 2.27. The average molecular weight is 324 g/mol. The zero-order valence-corrected chi connectivity index (χ0v) is 13.6. The molecule has 1 saturated heterocycles. The molecule has 5 heteroatoms. The van der Waals surface area contributed by atoms with Crippen molar-refractivity contribution in [1.82, 2.24) is 0 Å². The quantitative estimate of drug-likeness (QED) is 0.923. The topological polar surface area (TPSA) is 50.8 Å². The second kappa shape index (κ2) is 6.17. The lowest BCUT2D eigenvalue weighted by molar-refractivity contribution is -0.118. The van der Waals surface area contributed by atoms with Crippen molar-refractivity contribution in [3.8, 4) is 5.75 Å². The lowest BCUT2D eigenvalue weighted by Crippen LogP contribution is -2.39. The van der Waals surface area contributed by atoms with Gasteiger partial charge in [-0.25, -0.2) is 0 Å². The molecule has 2 heterocycles. The molecule has 2 aliphatic rings. The molecule has 0 radical (unpaired) electrons. The largest absolute Gasteiger partial charge is 0.481 e. The SMILES string of the molecule is Cc1cc(N2CCOC[C@H]2c2ccccc2)cc2c1OCC(=O)N2. The first-order valence-corrected chi connectivity index (χ1v) is 8.19. The number of hydrogen-bond donors (Lipinski definition) is 1. The third-order valence-corrected chi connectivity index (χ3v) is 4.53. The van der Waals surface area contributed by atoms with Crippen molar-refractivity contribution in [3.63, 3.8) is 0 Å². The summed E-state index contributed by atoms with van der Waals surface area (Å²) in [4.78, 5) is 14.0. The van der Waals surface area contributed by atoms with Gasteiger partial charge >= 0.3 is 0 Å². The molecule has 1 atom stereocenters. The number of ether oxygens (including phenoxy) is 2. The second-order valence-electron chi connectivity index (χ2n) is 6.17. The van der Waals surface area contributed by atoms with Crippen LogP contribution in [0.4, 0.5) is 11.4 Å². The molecule has 4 rings (SSSR count). The first-order chi connectivity index (χ1) is 11.7. The Labute approximate surface area is 141 Å². The van der Waals surface area contributed by atoms with E-state index < -0.39 is 0 Å². The molecule has 1 N–H and O–H groups in total. The predicted molar refractivity (Wildman–Crippen MR) is 92.7 cm³/mol. The molecule has 1 fully saturated rings. The summed E-state index contributed by atoms with van der Waals surface area (Å²) < 4.78 is 11.3. The standard InChI is InChI=1S/C19H20N2O3/c1-13-9-15(10-16-19(13)24-12-18(22)20-16)21-7-8-23-11-17(21)14-5-3-2-4-6-14/h2-6,9-10,17H,7-8,11-12H2,1H3,(H,20,22)/t17-/m0/s1. The van der Waals surface area contributed by atoms with E-state index in [4.69, 9.17) is 9.47 Å². The predicted octanol–water partition coefficient (Wildman–Crippen LogP) is 2.90. The van der Waals surface area contributed by atoms with Crippen molar-refractivity contribution in [1.29, 1.82) is 0 Å². The summed E-state index contributed by atoms with van der Waals surface area (Å²) in [5.41, 5.74) is 4.09. The number of fused-ring (bicyclic) bond motifs is 1. The Morgan fingerprint density at radius 2 is 2.04 bits per heavy atom. The van der Waals surface area contributed by atoms with Crippen LogP contribution in [0.25, 0.3) is 0 Å². The van der Waals surface area contributed by atoms with Crippen molar-refractivity contribution in [2.75, 3.05) is 36.6 Å². The Balaban J connectivity index is 1.72. The van der Waals surface area contributed by atoms with Gasteiger partial charge in [-0.15, -0.1) is 0 Å². The van der Waals surface area contributed by atoms with Gasteiger partial charge in [0.15, 0.2) is 6.61 Å². The van der Waals surface area contributed by atoms with Gasteiger partial charge in [-0.05, 0) is 30.2 Å². The molecule has 2 aromatic carbocycles. The summed E-state index contributed by atoms with van der Waals surface area (Å²) in [6.45, 7) is 4.26. The Bertz CT molecular complexity index is 761. The van der Waals surface area contributed by atoms with Gasteiger partial charge in [0.25, 0.3) is 5.91 Å². The van der Waals surface area contributed by atoms with E-state index in [1.54, 1.807) is 0 Å². The van der Waals surface area contributed by atoms with Crippen LogP contribution in [0.5, 0.6) is 5.75 Å². The maximum absolute atomic E-state index is 11.6. The number of nitrogens with one attached hydrogen (secondary N) is 1. The highest BCUT2D eigenvalue weighted by atomic mass is 16.5. The fourth-order valence-corrected chi connectivity index (χ4v) is 3.39. The van der Waals surface area contributed by atoms with E-state index in [1.165, 1.54) is 5.56 Å². The van der Waals surface area contributed by atoms with E-state index >= 15 is 0 Å². The number of amides is 1. The Kier molecular flexibility index (Phi) is 3.86. The third-order valence-electron chi connectivity index (χ3n) is 4.53. The molecule has 0 bridgehead atoms.